The maximum absolute atomic E-state index is 11.9. The van der Waals surface area contributed by atoms with E-state index in [-0.39, 0.29) is 11.7 Å². The smallest absolute Gasteiger partial charge is 0.257 e. The third-order valence-electron chi connectivity index (χ3n) is 2.64. The van der Waals surface area contributed by atoms with Gasteiger partial charge in [0.2, 0.25) is 5.91 Å². The molecule has 0 bridgehead atoms. The van der Waals surface area contributed by atoms with Gasteiger partial charge in [-0.1, -0.05) is 23.9 Å². The number of thiophene rings is 1. The fraction of sp³-hybridized carbons (Fsp3) is 0.0714. The Morgan fingerprint density at radius 2 is 2.29 bits per heavy atom. The van der Waals surface area contributed by atoms with E-state index in [2.05, 4.69) is 10.3 Å². The van der Waals surface area contributed by atoms with E-state index in [1.165, 1.54) is 23.1 Å². The van der Waals surface area contributed by atoms with Crippen molar-refractivity contribution >= 4 is 45.1 Å². The average molecular weight is 315 g/mol. The zero-order valence-corrected chi connectivity index (χ0v) is 12.3. The quantitative estimate of drug-likeness (QED) is 0.746. The number of para-hydroxylation sites is 2. The number of amides is 1. The molecule has 0 atom stereocenters. The van der Waals surface area contributed by atoms with Gasteiger partial charge >= 0.3 is 0 Å². The van der Waals surface area contributed by atoms with E-state index in [1.807, 2.05) is 30.3 Å². The van der Waals surface area contributed by atoms with Crippen molar-refractivity contribution in [2.24, 2.45) is 0 Å². The van der Waals surface area contributed by atoms with Crippen LogP contribution in [-0.4, -0.2) is 16.6 Å². The molecule has 2 aromatic heterocycles. The number of oxazole rings is 1. The average Bonchev–Trinajstić information content (AvgIpc) is 3.10. The highest BCUT2D eigenvalue weighted by molar-refractivity contribution is 7.99. The second-order valence-corrected chi connectivity index (χ2v) is 5.90. The third kappa shape index (κ3) is 3.07. The Kier molecular flexibility index (Phi) is 3.90. The number of thioether (sulfide) groups is 1. The molecular formula is C14H9N3O2S2. The summed E-state index contributed by atoms with van der Waals surface area (Å²) < 4.78 is 5.52. The summed E-state index contributed by atoms with van der Waals surface area (Å²) in [5.74, 6) is -0.0171. The van der Waals surface area contributed by atoms with Gasteiger partial charge in [0.1, 0.15) is 16.6 Å². The molecule has 0 aliphatic heterocycles. The lowest BCUT2D eigenvalue weighted by molar-refractivity contribution is -0.113. The van der Waals surface area contributed by atoms with Gasteiger partial charge in [-0.3, -0.25) is 4.79 Å². The lowest BCUT2D eigenvalue weighted by Crippen LogP contribution is -2.13. The van der Waals surface area contributed by atoms with Gasteiger partial charge in [-0.15, -0.1) is 11.3 Å². The number of hydrogen-bond donors (Lipinski definition) is 1. The maximum Gasteiger partial charge on any atom is 0.257 e. The molecule has 7 heteroatoms. The first-order chi connectivity index (χ1) is 10.3. The lowest BCUT2D eigenvalue weighted by Gasteiger charge is -2.01. The van der Waals surface area contributed by atoms with Gasteiger partial charge in [0.25, 0.3) is 5.22 Å². The van der Waals surface area contributed by atoms with Crippen LogP contribution in [0.3, 0.4) is 0 Å². The van der Waals surface area contributed by atoms with E-state index in [0.717, 1.165) is 5.52 Å². The number of carbonyl (C=O) groups excluding carboxylic acids is 1. The Morgan fingerprint density at radius 1 is 1.43 bits per heavy atom. The zero-order chi connectivity index (χ0) is 14.7. The van der Waals surface area contributed by atoms with Crippen LogP contribution in [0.5, 0.6) is 0 Å². The van der Waals surface area contributed by atoms with Crippen LogP contribution in [0.1, 0.15) is 5.56 Å². The summed E-state index contributed by atoms with van der Waals surface area (Å²) in [5, 5.41) is 14.4. The minimum Gasteiger partial charge on any atom is -0.431 e. The van der Waals surface area contributed by atoms with Gasteiger partial charge in [-0.2, -0.15) is 5.26 Å². The van der Waals surface area contributed by atoms with Crippen LogP contribution in [0.4, 0.5) is 5.00 Å². The molecule has 3 aromatic rings. The molecule has 1 aromatic carbocycles. The molecule has 0 fully saturated rings. The van der Waals surface area contributed by atoms with Crippen molar-refractivity contribution in [1.29, 1.82) is 5.26 Å². The molecule has 1 amide bonds. The molecule has 104 valence electrons. The first-order valence-corrected chi connectivity index (χ1v) is 7.88. The number of rotatable bonds is 4. The Balaban J connectivity index is 1.62. The molecule has 0 unspecified atom stereocenters. The van der Waals surface area contributed by atoms with Crippen LogP contribution in [0, 0.1) is 11.3 Å². The fourth-order valence-electron chi connectivity index (χ4n) is 1.70. The summed E-state index contributed by atoms with van der Waals surface area (Å²) in [6.07, 6.45) is 0. The minimum atomic E-state index is -0.193. The highest BCUT2D eigenvalue weighted by atomic mass is 32.2. The number of hydrogen-bond acceptors (Lipinski definition) is 6. The molecule has 0 aliphatic rings. The SMILES string of the molecule is N#Cc1ccsc1NC(=O)CSc1nc2ccccc2o1. The third-order valence-corrected chi connectivity index (χ3v) is 4.30. The van der Waals surface area contributed by atoms with Gasteiger partial charge in [0.15, 0.2) is 5.58 Å². The number of aromatic nitrogens is 1. The summed E-state index contributed by atoms with van der Waals surface area (Å²) in [5.41, 5.74) is 1.94. The van der Waals surface area contributed by atoms with E-state index in [4.69, 9.17) is 9.68 Å². The molecule has 21 heavy (non-hydrogen) atoms. The molecule has 0 spiro atoms. The highest BCUT2D eigenvalue weighted by Gasteiger charge is 2.11. The second-order valence-electron chi connectivity index (χ2n) is 4.06. The van der Waals surface area contributed by atoms with Crippen molar-refractivity contribution in [3.8, 4) is 6.07 Å². The highest BCUT2D eigenvalue weighted by Crippen LogP contribution is 2.25. The standard InChI is InChI=1S/C14H9N3O2S2/c15-7-9-5-6-20-13(9)17-12(18)8-21-14-16-10-3-1-2-4-11(10)19-14/h1-6H,8H2,(H,17,18). The first kappa shape index (κ1) is 13.7. The van der Waals surface area contributed by atoms with E-state index in [0.29, 0.717) is 21.4 Å². The molecule has 5 nitrogen and oxygen atoms in total. The van der Waals surface area contributed by atoms with E-state index in [9.17, 15) is 4.79 Å². The normalized spacial score (nSPS) is 10.4. The lowest BCUT2D eigenvalue weighted by atomic mass is 10.3. The number of benzene rings is 1. The van der Waals surface area contributed by atoms with Gasteiger partial charge < -0.3 is 9.73 Å². The van der Waals surface area contributed by atoms with Crippen LogP contribution < -0.4 is 5.32 Å². The molecule has 1 N–H and O–H groups in total. The van der Waals surface area contributed by atoms with Crippen LogP contribution in [0.25, 0.3) is 11.1 Å². The Hall–Kier alpha value is -2.30. The number of fused-ring (bicyclic) bond motifs is 1. The van der Waals surface area contributed by atoms with Gasteiger partial charge in [-0.05, 0) is 23.6 Å². The molecule has 0 saturated heterocycles. The summed E-state index contributed by atoms with van der Waals surface area (Å²) in [4.78, 5) is 16.1. The summed E-state index contributed by atoms with van der Waals surface area (Å²) in [7, 11) is 0. The number of anilines is 1. The summed E-state index contributed by atoms with van der Waals surface area (Å²) in [6.45, 7) is 0. The Bertz CT molecular complexity index is 799. The number of nitrogens with zero attached hydrogens (tertiary/aromatic N) is 2. The molecular weight excluding hydrogens is 306 g/mol. The van der Waals surface area contributed by atoms with Crippen molar-refractivity contribution in [2.75, 3.05) is 11.1 Å². The van der Waals surface area contributed by atoms with E-state index < -0.39 is 0 Å². The minimum absolute atomic E-state index is 0.176. The predicted octanol–water partition coefficient (Wildman–Crippen LogP) is 3.49. The fourth-order valence-corrected chi connectivity index (χ4v) is 3.09. The monoisotopic (exact) mass is 315 g/mol. The predicted molar refractivity (Wildman–Crippen MR) is 82.4 cm³/mol. The summed E-state index contributed by atoms with van der Waals surface area (Å²) >= 11 is 2.55. The Morgan fingerprint density at radius 3 is 3.10 bits per heavy atom. The molecule has 0 radical (unpaired) electrons. The van der Waals surface area contributed by atoms with Crippen molar-refractivity contribution < 1.29 is 9.21 Å². The zero-order valence-electron chi connectivity index (χ0n) is 10.7. The van der Waals surface area contributed by atoms with Crippen LogP contribution >= 0.6 is 23.1 Å². The Labute approximate surface area is 128 Å². The number of carbonyl (C=O) groups is 1. The molecule has 2 heterocycles. The molecule has 3 rings (SSSR count). The van der Waals surface area contributed by atoms with Crippen LogP contribution in [-0.2, 0) is 4.79 Å². The van der Waals surface area contributed by atoms with Gasteiger partial charge in [0, 0.05) is 0 Å². The van der Waals surface area contributed by atoms with Crippen molar-refractivity contribution in [1.82, 2.24) is 4.98 Å². The molecule has 0 saturated carbocycles. The molecule has 0 aliphatic carbocycles. The van der Waals surface area contributed by atoms with Gasteiger partial charge in [0.05, 0.1) is 11.3 Å². The van der Waals surface area contributed by atoms with Gasteiger partial charge in [-0.25, -0.2) is 4.98 Å². The van der Waals surface area contributed by atoms with E-state index in [1.54, 1.807) is 11.4 Å². The van der Waals surface area contributed by atoms with Crippen molar-refractivity contribution in [2.45, 2.75) is 5.22 Å². The summed E-state index contributed by atoms with van der Waals surface area (Å²) in [6, 6.07) is 11.1. The van der Waals surface area contributed by atoms with Crippen LogP contribution in [0.15, 0.2) is 45.4 Å². The van der Waals surface area contributed by atoms with E-state index >= 15 is 0 Å². The maximum atomic E-state index is 11.9. The largest absolute Gasteiger partial charge is 0.431 e. The number of nitrogens with one attached hydrogen (secondary N) is 1. The number of nitriles is 1. The van der Waals surface area contributed by atoms with Crippen molar-refractivity contribution in [3.05, 3.63) is 41.3 Å². The second kappa shape index (κ2) is 5.99. The van der Waals surface area contributed by atoms with Crippen LogP contribution in [0.2, 0.25) is 0 Å². The first-order valence-electron chi connectivity index (χ1n) is 6.02. The van der Waals surface area contributed by atoms with Crippen molar-refractivity contribution in [3.63, 3.8) is 0 Å². The topological polar surface area (TPSA) is 78.9 Å².